The maximum atomic E-state index is 3.65. The van der Waals surface area contributed by atoms with Gasteiger partial charge in [-0.1, -0.05) is 37.5 Å². The Morgan fingerprint density at radius 1 is 1.00 bits per heavy atom. The van der Waals surface area contributed by atoms with Gasteiger partial charge in [0.25, 0.3) is 0 Å². The monoisotopic (exact) mass is 134 g/mol. The maximum absolute atomic E-state index is 3.65. The molecule has 0 nitrogen and oxygen atoms in total. The van der Waals surface area contributed by atoms with E-state index in [0.717, 1.165) is 18.4 Å². The van der Waals surface area contributed by atoms with Gasteiger partial charge in [-0.05, 0) is 18.4 Å². The largest absolute Gasteiger partial charge is 0.103 e. The summed E-state index contributed by atoms with van der Waals surface area (Å²) in [6, 6.07) is 0. The van der Waals surface area contributed by atoms with Gasteiger partial charge in [-0.25, -0.2) is 0 Å². The molecule has 0 unspecified atom stereocenters. The number of allylic oxidation sites excluding steroid dienone is 5. The molecule has 0 saturated heterocycles. The molecule has 0 aliphatic carbocycles. The predicted octanol–water partition coefficient (Wildman–Crippen LogP) is 3.25. The molecule has 0 aromatic rings. The van der Waals surface area contributed by atoms with Crippen LogP contribution in [0, 0.1) is 0 Å². The fourth-order valence-electron chi connectivity index (χ4n) is 0.618. The highest BCUT2D eigenvalue weighted by atomic mass is 13.9. The van der Waals surface area contributed by atoms with Crippen LogP contribution in [0.4, 0.5) is 0 Å². The summed E-state index contributed by atoms with van der Waals surface area (Å²) in [5, 5.41) is 0. The highest BCUT2D eigenvalue weighted by Crippen LogP contribution is 2.00. The third kappa shape index (κ3) is 3.90. The van der Waals surface area contributed by atoms with E-state index in [1.165, 1.54) is 0 Å². The number of rotatable bonds is 5. The van der Waals surface area contributed by atoms with Crippen LogP contribution in [0.2, 0.25) is 0 Å². The SMILES string of the molecule is C=CCCC=C(C=C)C=C. The molecule has 0 heterocycles. The van der Waals surface area contributed by atoms with Crippen molar-refractivity contribution < 1.29 is 0 Å². The average Bonchev–Trinajstić information content (AvgIpc) is 1.99. The molecule has 0 atom stereocenters. The van der Waals surface area contributed by atoms with E-state index >= 15 is 0 Å². The summed E-state index contributed by atoms with van der Waals surface area (Å²) >= 11 is 0. The second-order valence-electron chi connectivity index (χ2n) is 1.98. The normalized spacial score (nSPS) is 8.00. The Kier molecular flexibility index (Phi) is 5.45. The molecule has 10 heavy (non-hydrogen) atoms. The van der Waals surface area contributed by atoms with Gasteiger partial charge in [-0.3, -0.25) is 0 Å². The maximum Gasteiger partial charge on any atom is -0.0307 e. The molecule has 0 aromatic heterocycles. The Morgan fingerprint density at radius 3 is 2.00 bits per heavy atom. The first-order valence-electron chi connectivity index (χ1n) is 3.41. The zero-order valence-corrected chi connectivity index (χ0v) is 6.34. The summed E-state index contributed by atoms with van der Waals surface area (Å²) in [7, 11) is 0. The van der Waals surface area contributed by atoms with Gasteiger partial charge in [0.2, 0.25) is 0 Å². The van der Waals surface area contributed by atoms with Crippen LogP contribution in [0.3, 0.4) is 0 Å². The lowest BCUT2D eigenvalue weighted by Crippen LogP contribution is -1.69. The summed E-state index contributed by atoms with van der Waals surface area (Å²) in [6.07, 6.45) is 9.65. The molecule has 0 aliphatic rings. The minimum Gasteiger partial charge on any atom is -0.103 e. The molecule has 0 heteroatoms. The van der Waals surface area contributed by atoms with Gasteiger partial charge in [0.1, 0.15) is 0 Å². The molecular weight excluding hydrogens is 120 g/mol. The van der Waals surface area contributed by atoms with E-state index < -0.39 is 0 Å². The molecule has 0 N–H and O–H groups in total. The van der Waals surface area contributed by atoms with Crippen molar-refractivity contribution in [2.24, 2.45) is 0 Å². The summed E-state index contributed by atoms with van der Waals surface area (Å²) in [6.45, 7) is 10.9. The first-order chi connectivity index (χ1) is 4.85. The fraction of sp³-hybridized carbons (Fsp3) is 0.200. The third-order valence-corrected chi connectivity index (χ3v) is 1.22. The van der Waals surface area contributed by atoms with E-state index in [1.807, 2.05) is 6.08 Å². The molecule has 0 saturated carbocycles. The molecular formula is C10H14. The van der Waals surface area contributed by atoms with Gasteiger partial charge >= 0.3 is 0 Å². The van der Waals surface area contributed by atoms with Crippen LogP contribution in [-0.4, -0.2) is 0 Å². The van der Waals surface area contributed by atoms with Gasteiger partial charge in [0, 0.05) is 0 Å². The van der Waals surface area contributed by atoms with E-state index in [4.69, 9.17) is 0 Å². The van der Waals surface area contributed by atoms with Crippen LogP contribution in [0.15, 0.2) is 49.6 Å². The molecule has 0 aliphatic heterocycles. The minimum atomic E-state index is 1.02. The Bertz CT molecular complexity index is 139. The minimum absolute atomic E-state index is 1.02. The highest BCUT2D eigenvalue weighted by Gasteiger charge is 1.80. The van der Waals surface area contributed by atoms with Gasteiger partial charge in [-0.15, -0.1) is 6.58 Å². The molecule has 0 radical (unpaired) electrons. The number of unbranched alkanes of at least 4 members (excludes halogenated alkanes) is 1. The smallest absolute Gasteiger partial charge is 0.0307 e. The van der Waals surface area contributed by atoms with Crippen molar-refractivity contribution in [3.63, 3.8) is 0 Å². The van der Waals surface area contributed by atoms with E-state index in [0.29, 0.717) is 0 Å². The van der Waals surface area contributed by atoms with Crippen molar-refractivity contribution >= 4 is 0 Å². The lowest BCUT2D eigenvalue weighted by molar-refractivity contribution is 1.05. The Labute approximate surface area is 63.3 Å². The van der Waals surface area contributed by atoms with E-state index in [-0.39, 0.29) is 0 Å². The molecule has 0 amide bonds. The number of hydrogen-bond acceptors (Lipinski definition) is 0. The van der Waals surface area contributed by atoms with Crippen molar-refractivity contribution in [1.82, 2.24) is 0 Å². The molecule has 0 bridgehead atoms. The van der Waals surface area contributed by atoms with Crippen LogP contribution in [0.1, 0.15) is 12.8 Å². The second-order valence-corrected chi connectivity index (χ2v) is 1.98. The molecule has 0 rings (SSSR count). The third-order valence-electron chi connectivity index (χ3n) is 1.22. The van der Waals surface area contributed by atoms with Crippen LogP contribution < -0.4 is 0 Å². The zero-order valence-electron chi connectivity index (χ0n) is 6.34. The Balaban J connectivity index is 3.73. The van der Waals surface area contributed by atoms with Gasteiger partial charge in [0.05, 0.1) is 0 Å². The lowest BCUT2D eigenvalue weighted by atomic mass is 10.2. The fourth-order valence-corrected chi connectivity index (χ4v) is 0.618. The topological polar surface area (TPSA) is 0 Å². The highest BCUT2D eigenvalue weighted by molar-refractivity contribution is 5.27. The van der Waals surface area contributed by atoms with Crippen molar-refractivity contribution in [1.29, 1.82) is 0 Å². The van der Waals surface area contributed by atoms with E-state index in [9.17, 15) is 0 Å². The zero-order chi connectivity index (χ0) is 7.82. The quantitative estimate of drug-likeness (QED) is 0.307. The summed E-state index contributed by atoms with van der Waals surface area (Å²) in [5.74, 6) is 0. The summed E-state index contributed by atoms with van der Waals surface area (Å²) < 4.78 is 0. The Hall–Kier alpha value is -1.04. The van der Waals surface area contributed by atoms with E-state index in [2.05, 4.69) is 25.8 Å². The van der Waals surface area contributed by atoms with Gasteiger partial charge in [-0.2, -0.15) is 0 Å². The first kappa shape index (κ1) is 8.96. The first-order valence-corrected chi connectivity index (χ1v) is 3.41. The van der Waals surface area contributed by atoms with Crippen molar-refractivity contribution in [3.8, 4) is 0 Å². The lowest BCUT2D eigenvalue weighted by Gasteiger charge is -1.90. The van der Waals surface area contributed by atoms with Crippen molar-refractivity contribution in [2.45, 2.75) is 12.8 Å². The number of hydrogen-bond donors (Lipinski definition) is 0. The van der Waals surface area contributed by atoms with Crippen molar-refractivity contribution in [3.05, 3.63) is 49.6 Å². The van der Waals surface area contributed by atoms with Crippen LogP contribution in [-0.2, 0) is 0 Å². The van der Waals surface area contributed by atoms with Crippen LogP contribution >= 0.6 is 0 Å². The molecule has 0 spiro atoms. The van der Waals surface area contributed by atoms with E-state index in [1.54, 1.807) is 12.2 Å². The van der Waals surface area contributed by atoms with Gasteiger partial charge < -0.3 is 0 Å². The Morgan fingerprint density at radius 2 is 1.60 bits per heavy atom. The molecule has 54 valence electrons. The van der Waals surface area contributed by atoms with Crippen molar-refractivity contribution in [2.75, 3.05) is 0 Å². The standard InChI is InChI=1S/C10H14/c1-4-7-8-9-10(5-2)6-3/h4-6,9H,1-3,7-8H2. The molecule has 0 fully saturated rings. The average molecular weight is 134 g/mol. The van der Waals surface area contributed by atoms with Crippen LogP contribution in [0.25, 0.3) is 0 Å². The van der Waals surface area contributed by atoms with Gasteiger partial charge in [0.15, 0.2) is 0 Å². The summed E-state index contributed by atoms with van der Waals surface area (Å²) in [4.78, 5) is 0. The second kappa shape index (κ2) is 6.09. The predicted molar refractivity (Wildman–Crippen MR) is 47.9 cm³/mol. The molecule has 0 aromatic carbocycles. The van der Waals surface area contributed by atoms with Crippen LogP contribution in [0.5, 0.6) is 0 Å². The summed E-state index contributed by atoms with van der Waals surface area (Å²) in [5.41, 5.74) is 1.10.